The highest BCUT2D eigenvalue weighted by molar-refractivity contribution is 7.89. The predicted octanol–water partition coefficient (Wildman–Crippen LogP) is 2.73. The van der Waals surface area contributed by atoms with Crippen molar-refractivity contribution in [3.05, 3.63) is 29.8 Å². The summed E-state index contributed by atoms with van der Waals surface area (Å²) in [5.41, 5.74) is 6.42. The van der Waals surface area contributed by atoms with Crippen molar-refractivity contribution in [1.82, 2.24) is 4.31 Å². The lowest BCUT2D eigenvalue weighted by molar-refractivity contribution is 0.292. The summed E-state index contributed by atoms with van der Waals surface area (Å²) >= 11 is 0. The number of nitrogens with zero attached hydrogens (tertiary/aromatic N) is 1. The molecule has 4 nitrogen and oxygen atoms in total. The molecule has 2 N–H and O–H groups in total. The SMILES string of the molecule is CC(C)CN(C1CCCC1)S(=O)(=O)c1ccccc1CN. The zero-order chi connectivity index (χ0) is 15.5. The third-order valence-electron chi connectivity index (χ3n) is 4.06. The molecule has 1 fully saturated rings. The molecule has 2 rings (SSSR count). The summed E-state index contributed by atoms with van der Waals surface area (Å²) in [6.07, 6.45) is 4.17. The number of hydrogen-bond donors (Lipinski definition) is 1. The monoisotopic (exact) mass is 310 g/mol. The van der Waals surface area contributed by atoms with Crippen LogP contribution in [-0.4, -0.2) is 25.3 Å². The van der Waals surface area contributed by atoms with Crippen LogP contribution in [0.15, 0.2) is 29.2 Å². The van der Waals surface area contributed by atoms with Gasteiger partial charge in [-0.05, 0) is 30.4 Å². The van der Waals surface area contributed by atoms with Gasteiger partial charge in [0.15, 0.2) is 0 Å². The van der Waals surface area contributed by atoms with Gasteiger partial charge in [0.2, 0.25) is 10.0 Å². The Hall–Kier alpha value is -0.910. The van der Waals surface area contributed by atoms with E-state index in [1.165, 1.54) is 0 Å². The summed E-state index contributed by atoms with van der Waals surface area (Å²) in [6.45, 7) is 4.94. The second-order valence-electron chi connectivity index (χ2n) is 6.22. The fourth-order valence-electron chi connectivity index (χ4n) is 3.05. The smallest absolute Gasteiger partial charge is 0.243 e. The van der Waals surface area contributed by atoms with Gasteiger partial charge >= 0.3 is 0 Å². The Morgan fingerprint density at radius 1 is 1.24 bits per heavy atom. The van der Waals surface area contributed by atoms with Gasteiger partial charge in [-0.1, -0.05) is 44.9 Å². The van der Waals surface area contributed by atoms with E-state index >= 15 is 0 Å². The summed E-state index contributed by atoms with van der Waals surface area (Å²) < 4.78 is 27.9. The van der Waals surface area contributed by atoms with Crippen molar-refractivity contribution >= 4 is 10.0 Å². The minimum absolute atomic E-state index is 0.142. The van der Waals surface area contributed by atoms with Crippen LogP contribution in [0.2, 0.25) is 0 Å². The average molecular weight is 310 g/mol. The van der Waals surface area contributed by atoms with Gasteiger partial charge in [-0.25, -0.2) is 8.42 Å². The lowest BCUT2D eigenvalue weighted by Crippen LogP contribution is -2.41. The fraction of sp³-hybridized carbons (Fsp3) is 0.625. The molecule has 1 aromatic carbocycles. The molecule has 0 aliphatic heterocycles. The van der Waals surface area contributed by atoms with Crippen molar-refractivity contribution in [2.24, 2.45) is 11.7 Å². The molecule has 0 spiro atoms. The Morgan fingerprint density at radius 3 is 2.43 bits per heavy atom. The first-order valence-electron chi connectivity index (χ1n) is 7.76. The highest BCUT2D eigenvalue weighted by Gasteiger charge is 2.34. The van der Waals surface area contributed by atoms with Crippen molar-refractivity contribution in [2.75, 3.05) is 6.54 Å². The van der Waals surface area contributed by atoms with E-state index in [1.54, 1.807) is 22.5 Å². The molecule has 0 bridgehead atoms. The van der Waals surface area contributed by atoms with Crippen LogP contribution in [0.4, 0.5) is 0 Å². The maximum absolute atomic E-state index is 13.1. The molecular weight excluding hydrogens is 284 g/mol. The Labute approximate surface area is 128 Å². The van der Waals surface area contributed by atoms with E-state index in [1.807, 2.05) is 6.07 Å². The van der Waals surface area contributed by atoms with Gasteiger partial charge in [0, 0.05) is 19.1 Å². The van der Waals surface area contributed by atoms with Gasteiger partial charge in [-0.15, -0.1) is 0 Å². The van der Waals surface area contributed by atoms with E-state index in [2.05, 4.69) is 13.8 Å². The van der Waals surface area contributed by atoms with Crippen LogP contribution >= 0.6 is 0 Å². The van der Waals surface area contributed by atoms with Crippen molar-refractivity contribution in [1.29, 1.82) is 0 Å². The van der Waals surface area contributed by atoms with Crippen molar-refractivity contribution in [3.8, 4) is 0 Å². The van der Waals surface area contributed by atoms with Crippen LogP contribution in [0.5, 0.6) is 0 Å². The van der Waals surface area contributed by atoms with Gasteiger partial charge in [0.25, 0.3) is 0 Å². The van der Waals surface area contributed by atoms with E-state index in [-0.39, 0.29) is 12.6 Å². The maximum Gasteiger partial charge on any atom is 0.243 e. The molecule has 1 saturated carbocycles. The Balaban J connectivity index is 2.41. The first kappa shape index (κ1) is 16.5. The number of rotatable bonds is 6. The zero-order valence-electron chi connectivity index (χ0n) is 13.0. The fourth-order valence-corrected chi connectivity index (χ4v) is 5.13. The highest BCUT2D eigenvalue weighted by atomic mass is 32.2. The van der Waals surface area contributed by atoms with Gasteiger partial charge in [0.1, 0.15) is 0 Å². The van der Waals surface area contributed by atoms with Gasteiger partial charge < -0.3 is 5.73 Å². The van der Waals surface area contributed by atoms with E-state index in [9.17, 15) is 8.42 Å². The standard InChI is InChI=1S/C16H26N2O2S/c1-13(2)12-18(15-8-4-5-9-15)21(19,20)16-10-6-3-7-14(16)11-17/h3,6-7,10,13,15H,4-5,8-9,11-12,17H2,1-2H3. The maximum atomic E-state index is 13.1. The normalized spacial score (nSPS) is 17.0. The topological polar surface area (TPSA) is 63.4 Å². The van der Waals surface area contributed by atoms with Gasteiger partial charge in [0.05, 0.1) is 4.90 Å². The first-order valence-corrected chi connectivity index (χ1v) is 9.20. The summed E-state index contributed by atoms with van der Waals surface area (Å²) in [7, 11) is -3.47. The largest absolute Gasteiger partial charge is 0.326 e. The molecule has 118 valence electrons. The van der Waals surface area contributed by atoms with Crippen LogP contribution in [0, 0.1) is 5.92 Å². The second-order valence-corrected chi connectivity index (χ2v) is 8.08. The minimum atomic E-state index is -3.47. The van der Waals surface area contributed by atoms with Crippen LogP contribution in [0.3, 0.4) is 0 Å². The molecule has 1 aromatic rings. The summed E-state index contributed by atoms with van der Waals surface area (Å²) in [4.78, 5) is 0.375. The molecule has 0 amide bonds. The average Bonchev–Trinajstić information content (AvgIpc) is 2.98. The van der Waals surface area contributed by atoms with Gasteiger partial charge in [-0.3, -0.25) is 0 Å². The molecule has 0 heterocycles. The molecule has 0 saturated heterocycles. The Morgan fingerprint density at radius 2 is 1.86 bits per heavy atom. The molecule has 0 radical (unpaired) electrons. The van der Waals surface area contributed by atoms with Gasteiger partial charge in [-0.2, -0.15) is 4.31 Å². The third-order valence-corrected chi connectivity index (χ3v) is 6.07. The van der Waals surface area contributed by atoms with Crippen LogP contribution in [0.25, 0.3) is 0 Å². The molecule has 0 atom stereocenters. The third kappa shape index (κ3) is 3.65. The van der Waals surface area contributed by atoms with E-state index < -0.39 is 10.0 Å². The molecule has 21 heavy (non-hydrogen) atoms. The number of sulfonamides is 1. The zero-order valence-corrected chi connectivity index (χ0v) is 13.8. The highest BCUT2D eigenvalue weighted by Crippen LogP contribution is 2.30. The first-order chi connectivity index (χ1) is 9.96. The Bertz CT molecular complexity index is 563. The molecule has 5 heteroatoms. The van der Waals surface area contributed by atoms with Crippen LogP contribution < -0.4 is 5.73 Å². The quantitative estimate of drug-likeness (QED) is 0.878. The van der Waals surface area contributed by atoms with Crippen molar-refractivity contribution in [2.45, 2.75) is 57.0 Å². The molecule has 1 aliphatic carbocycles. The number of hydrogen-bond acceptors (Lipinski definition) is 3. The minimum Gasteiger partial charge on any atom is -0.326 e. The van der Waals surface area contributed by atoms with E-state index in [4.69, 9.17) is 5.73 Å². The molecule has 1 aliphatic rings. The summed E-state index contributed by atoms with van der Waals surface area (Å²) in [5, 5.41) is 0. The van der Waals surface area contributed by atoms with E-state index in [0.717, 1.165) is 25.7 Å². The second kappa shape index (κ2) is 6.90. The predicted molar refractivity (Wildman–Crippen MR) is 85.3 cm³/mol. The molecule has 0 aromatic heterocycles. The van der Waals surface area contributed by atoms with Crippen molar-refractivity contribution in [3.63, 3.8) is 0 Å². The Kier molecular flexibility index (Phi) is 5.41. The lowest BCUT2D eigenvalue weighted by atomic mass is 10.2. The van der Waals surface area contributed by atoms with Crippen LogP contribution in [0.1, 0.15) is 45.1 Å². The lowest BCUT2D eigenvalue weighted by Gasteiger charge is -2.30. The summed E-state index contributed by atoms with van der Waals surface area (Å²) in [6, 6.07) is 7.23. The summed E-state index contributed by atoms with van der Waals surface area (Å²) in [5.74, 6) is 0.311. The molecular formula is C16H26N2O2S. The van der Waals surface area contributed by atoms with Crippen molar-refractivity contribution < 1.29 is 8.42 Å². The van der Waals surface area contributed by atoms with Crippen LogP contribution in [-0.2, 0) is 16.6 Å². The number of benzene rings is 1. The van der Waals surface area contributed by atoms with E-state index in [0.29, 0.717) is 22.9 Å². The molecule has 0 unspecified atom stereocenters. The number of nitrogens with two attached hydrogens (primary N) is 1.